The van der Waals surface area contributed by atoms with Gasteiger partial charge in [0, 0.05) is 23.0 Å². The van der Waals surface area contributed by atoms with Crippen molar-refractivity contribution >= 4 is 28.7 Å². The number of amidine groups is 1. The first-order valence-corrected chi connectivity index (χ1v) is 8.56. The third kappa shape index (κ3) is 4.20. The number of rotatable bonds is 6. The molecule has 0 saturated heterocycles. The molecule has 6 N–H and O–H groups in total. The number of carbonyl (C=O) groups is 2. The number of nitrogen functional groups attached to an aromatic ring is 1. The summed E-state index contributed by atoms with van der Waals surface area (Å²) < 4.78 is 5.59. The molecular formula is C18H22N4O4. The van der Waals surface area contributed by atoms with Gasteiger partial charge in [0.15, 0.2) is 5.76 Å². The van der Waals surface area contributed by atoms with Gasteiger partial charge in [0.2, 0.25) is 0 Å². The van der Waals surface area contributed by atoms with E-state index in [1.165, 1.54) is 0 Å². The first-order valence-electron chi connectivity index (χ1n) is 8.56. The number of nitrogens with two attached hydrogens (primary N) is 1. The van der Waals surface area contributed by atoms with Crippen molar-refractivity contribution in [3.8, 4) is 0 Å². The molecule has 0 radical (unpaired) electrons. The summed E-state index contributed by atoms with van der Waals surface area (Å²) in [6, 6.07) is 6.97. The lowest BCUT2D eigenvalue weighted by Gasteiger charge is -2.29. The molecular weight excluding hydrogens is 336 g/mol. The van der Waals surface area contributed by atoms with Gasteiger partial charge >= 0.3 is 5.97 Å². The fraction of sp³-hybridized carbons (Fsp3) is 0.389. The maximum Gasteiger partial charge on any atom is 0.317 e. The van der Waals surface area contributed by atoms with E-state index in [-0.39, 0.29) is 36.1 Å². The molecule has 8 heteroatoms. The van der Waals surface area contributed by atoms with Crippen molar-refractivity contribution < 1.29 is 19.1 Å². The highest BCUT2D eigenvalue weighted by Gasteiger charge is 2.24. The first-order chi connectivity index (χ1) is 12.4. The molecule has 2 aromatic rings. The van der Waals surface area contributed by atoms with Crippen LogP contribution in [0.25, 0.3) is 11.0 Å². The van der Waals surface area contributed by atoms with Crippen LogP contribution in [-0.2, 0) is 4.79 Å². The van der Waals surface area contributed by atoms with E-state index in [4.69, 9.17) is 20.7 Å². The fourth-order valence-corrected chi connectivity index (χ4v) is 3.25. The Morgan fingerprint density at radius 1 is 1.19 bits per heavy atom. The molecule has 1 amide bonds. The largest absolute Gasteiger partial charge is 0.480 e. The van der Waals surface area contributed by atoms with E-state index in [0.29, 0.717) is 11.1 Å². The number of amides is 1. The molecule has 3 rings (SSSR count). The molecule has 0 atom stereocenters. The molecule has 1 fully saturated rings. The van der Waals surface area contributed by atoms with Crippen LogP contribution in [0, 0.1) is 5.41 Å². The van der Waals surface area contributed by atoms with Gasteiger partial charge in [0.25, 0.3) is 5.91 Å². The van der Waals surface area contributed by atoms with E-state index in [2.05, 4.69) is 10.6 Å². The van der Waals surface area contributed by atoms with Crippen molar-refractivity contribution in [2.75, 3.05) is 6.54 Å². The molecule has 1 aromatic heterocycles. The molecule has 1 heterocycles. The Morgan fingerprint density at radius 3 is 2.54 bits per heavy atom. The summed E-state index contributed by atoms with van der Waals surface area (Å²) in [7, 11) is 0. The van der Waals surface area contributed by atoms with Gasteiger partial charge in [0.1, 0.15) is 11.4 Å². The minimum absolute atomic E-state index is 0.0348. The minimum Gasteiger partial charge on any atom is -0.480 e. The SMILES string of the molecule is N=C(N)c1ccc2oc(C(=O)N[C@H]3CC[C@H](NCC(=O)O)CC3)cc2c1. The van der Waals surface area contributed by atoms with Gasteiger partial charge in [-0.3, -0.25) is 15.0 Å². The van der Waals surface area contributed by atoms with E-state index < -0.39 is 5.97 Å². The Labute approximate surface area is 150 Å². The molecule has 1 aromatic carbocycles. The second-order valence-electron chi connectivity index (χ2n) is 6.57. The number of hydrogen-bond acceptors (Lipinski definition) is 5. The monoisotopic (exact) mass is 358 g/mol. The molecule has 8 nitrogen and oxygen atoms in total. The summed E-state index contributed by atoms with van der Waals surface area (Å²) >= 11 is 0. The van der Waals surface area contributed by atoms with Gasteiger partial charge in [-0.05, 0) is 49.9 Å². The molecule has 1 saturated carbocycles. The van der Waals surface area contributed by atoms with Gasteiger partial charge in [-0.2, -0.15) is 0 Å². The van der Waals surface area contributed by atoms with Crippen LogP contribution < -0.4 is 16.4 Å². The third-order valence-electron chi connectivity index (χ3n) is 4.66. The van der Waals surface area contributed by atoms with Gasteiger partial charge in [0.05, 0.1) is 6.54 Å². The van der Waals surface area contributed by atoms with E-state index >= 15 is 0 Å². The molecule has 0 bridgehead atoms. The van der Waals surface area contributed by atoms with E-state index in [9.17, 15) is 9.59 Å². The molecule has 0 aliphatic heterocycles. The van der Waals surface area contributed by atoms with Gasteiger partial charge in [-0.1, -0.05) is 0 Å². The maximum atomic E-state index is 12.4. The Bertz CT molecular complexity index is 837. The van der Waals surface area contributed by atoms with Crippen LogP contribution in [0.15, 0.2) is 28.7 Å². The minimum atomic E-state index is -0.863. The number of fused-ring (bicyclic) bond motifs is 1. The number of hydrogen-bond donors (Lipinski definition) is 5. The normalized spacial score (nSPS) is 20.0. The standard InChI is InChI=1S/C18H22N4O4/c19-17(20)10-1-6-14-11(7-10)8-15(26-14)18(25)22-13-4-2-12(3-5-13)21-9-16(23)24/h1,6-8,12-13,21H,2-5,9H2,(H3,19,20)(H,22,25)(H,23,24)/t12-,13-. The van der Waals surface area contributed by atoms with Crippen molar-refractivity contribution in [1.82, 2.24) is 10.6 Å². The summed E-state index contributed by atoms with van der Waals surface area (Å²) in [5.74, 6) is -0.940. The zero-order chi connectivity index (χ0) is 18.7. The zero-order valence-electron chi connectivity index (χ0n) is 14.2. The van der Waals surface area contributed by atoms with Crippen LogP contribution in [0.1, 0.15) is 41.8 Å². The van der Waals surface area contributed by atoms with Crippen molar-refractivity contribution in [2.24, 2.45) is 5.73 Å². The molecule has 1 aliphatic carbocycles. The predicted molar refractivity (Wildman–Crippen MR) is 96.4 cm³/mol. The average Bonchev–Trinajstić information content (AvgIpc) is 3.04. The summed E-state index contributed by atoms with van der Waals surface area (Å²) in [4.78, 5) is 23.0. The summed E-state index contributed by atoms with van der Waals surface area (Å²) in [6.07, 6.45) is 3.22. The lowest BCUT2D eigenvalue weighted by atomic mass is 9.91. The van der Waals surface area contributed by atoms with Gasteiger partial charge < -0.3 is 25.9 Å². The van der Waals surface area contributed by atoms with Crippen LogP contribution in [0.3, 0.4) is 0 Å². The number of carbonyl (C=O) groups excluding carboxylic acids is 1. The zero-order valence-corrected chi connectivity index (χ0v) is 14.2. The van der Waals surface area contributed by atoms with Gasteiger partial charge in [-0.15, -0.1) is 0 Å². The van der Waals surface area contributed by atoms with Crippen LogP contribution in [-0.4, -0.2) is 41.4 Å². The lowest BCUT2D eigenvalue weighted by Crippen LogP contribution is -2.43. The van der Waals surface area contributed by atoms with Crippen LogP contribution in [0.5, 0.6) is 0 Å². The van der Waals surface area contributed by atoms with Crippen LogP contribution >= 0.6 is 0 Å². The topological polar surface area (TPSA) is 141 Å². The third-order valence-corrected chi connectivity index (χ3v) is 4.66. The smallest absolute Gasteiger partial charge is 0.317 e. The number of aliphatic carboxylic acids is 1. The highest BCUT2D eigenvalue weighted by Crippen LogP contribution is 2.22. The first kappa shape index (κ1) is 17.9. The summed E-state index contributed by atoms with van der Waals surface area (Å²) in [5.41, 5.74) is 6.63. The second kappa shape index (κ2) is 7.57. The van der Waals surface area contributed by atoms with Crippen molar-refractivity contribution in [3.63, 3.8) is 0 Å². The Morgan fingerprint density at radius 2 is 1.88 bits per heavy atom. The van der Waals surface area contributed by atoms with E-state index in [1.54, 1.807) is 24.3 Å². The highest BCUT2D eigenvalue weighted by molar-refractivity contribution is 6.00. The Balaban J connectivity index is 1.58. The average molecular weight is 358 g/mol. The molecule has 0 unspecified atom stereocenters. The van der Waals surface area contributed by atoms with Gasteiger partial charge in [-0.25, -0.2) is 0 Å². The van der Waals surface area contributed by atoms with Crippen LogP contribution in [0.4, 0.5) is 0 Å². The molecule has 0 spiro atoms. The number of carboxylic acid groups (broad SMARTS) is 1. The maximum absolute atomic E-state index is 12.4. The predicted octanol–water partition coefficient (Wildman–Crippen LogP) is 1.43. The van der Waals surface area contributed by atoms with E-state index in [0.717, 1.165) is 31.1 Å². The lowest BCUT2D eigenvalue weighted by molar-refractivity contribution is -0.136. The Kier molecular flexibility index (Phi) is 5.22. The second-order valence-corrected chi connectivity index (χ2v) is 6.57. The number of carboxylic acids is 1. The number of nitrogens with one attached hydrogen (secondary N) is 3. The molecule has 26 heavy (non-hydrogen) atoms. The van der Waals surface area contributed by atoms with Crippen molar-refractivity contribution in [3.05, 3.63) is 35.6 Å². The summed E-state index contributed by atoms with van der Waals surface area (Å²) in [6.45, 7) is -0.0388. The number of furan rings is 1. The quantitative estimate of drug-likeness (QED) is 0.391. The highest BCUT2D eigenvalue weighted by atomic mass is 16.4. The molecule has 1 aliphatic rings. The Hall–Kier alpha value is -2.87. The van der Waals surface area contributed by atoms with Crippen molar-refractivity contribution in [2.45, 2.75) is 37.8 Å². The fourth-order valence-electron chi connectivity index (χ4n) is 3.25. The summed E-state index contributed by atoms with van der Waals surface area (Å²) in [5, 5.41) is 22.9. The van der Waals surface area contributed by atoms with E-state index in [1.807, 2.05) is 0 Å². The number of benzene rings is 1. The molecule has 138 valence electrons. The van der Waals surface area contributed by atoms with Crippen molar-refractivity contribution in [1.29, 1.82) is 5.41 Å². The van der Waals surface area contributed by atoms with Crippen LogP contribution in [0.2, 0.25) is 0 Å².